The van der Waals surface area contributed by atoms with Crippen LogP contribution in [0.5, 0.6) is 0 Å². The van der Waals surface area contributed by atoms with Gasteiger partial charge in [0.05, 0.1) is 11.8 Å². The number of nitrogens with one attached hydrogen (secondary N) is 1. The number of pyridine rings is 1. The fourth-order valence-electron chi connectivity index (χ4n) is 1.34. The van der Waals surface area contributed by atoms with Gasteiger partial charge < -0.3 is 16.2 Å². The maximum Gasteiger partial charge on any atom is 0.149 e. The second-order valence-electron chi connectivity index (χ2n) is 3.39. The van der Waals surface area contributed by atoms with Crippen molar-refractivity contribution in [3.8, 4) is 0 Å². The van der Waals surface area contributed by atoms with Gasteiger partial charge in [0.25, 0.3) is 0 Å². The zero-order chi connectivity index (χ0) is 11.4. The largest absolute Gasteiger partial charge is 0.396 e. The number of hydrogen-bond acceptors (Lipinski definition) is 5. The summed E-state index contributed by atoms with van der Waals surface area (Å²) in [4.78, 5) is 4.09. The number of aliphatic hydroxyl groups excluding tert-OH is 1. The molecular formula is C11H13N3OS. The molecule has 1 unspecified atom stereocenters. The molecule has 0 aliphatic carbocycles. The lowest BCUT2D eigenvalue weighted by atomic mass is 10.2. The van der Waals surface area contributed by atoms with Gasteiger partial charge >= 0.3 is 0 Å². The van der Waals surface area contributed by atoms with Crippen molar-refractivity contribution < 1.29 is 5.11 Å². The first kappa shape index (κ1) is 10.9. The predicted molar refractivity (Wildman–Crippen MR) is 66.4 cm³/mol. The van der Waals surface area contributed by atoms with Gasteiger partial charge in [-0.3, -0.25) is 0 Å². The van der Waals surface area contributed by atoms with Gasteiger partial charge in [-0.05, 0) is 34.5 Å². The summed E-state index contributed by atoms with van der Waals surface area (Å²) in [5.41, 5.74) is 7.21. The average molecular weight is 235 g/mol. The molecule has 5 heteroatoms. The van der Waals surface area contributed by atoms with E-state index in [4.69, 9.17) is 5.73 Å². The number of nitrogen functional groups attached to an aromatic ring is 1. The van der Waals surface area contributed by atoms with Gasteiger partial charge in [-0.1, -0.05) is 0 Å². The first-order valence-electron chi connectivity index (χ1n) is 4.92. The molecule has 16 heavy (non-hydrogen) atoms. The molecule has 0 fully saturated rings. The minimum atomic E-state index is -0.535. The molecule has 2 heterocycles. The number of aliphatic hydroxyl groups is 1. The lowest BCUT2D eigenvalue weighted by Crippen LogP contribution is -2.13. The van der Waals surface area contributed by atoms with Crippen molar-refractivity contribution in [1.82, 2.24) is 4.98 Å². The fraction of sp³-hybridized carbons (Fsp3) is 0.182. The van der Waals surface area contributed by atoms with Crippen molar-refractivity contribution in [2.75, 3.05) is 17.6 Å². The lowest BCUT2D eigenvalue weighted by molar-refractivity contribution is 0.192. The number of aromatic nitrogens is 1. The van der Waals surface area contributed by atoms with Crippen LogP contribution in [0.1, 0.15) is 11.7 Å². The van der Waals surface area contributed by atoms with Crippen LogP contribution in [0.4, 0.5) is 11.5 Å². The van der Waals surface area contributed by atoms with Crippen LogP contribution >= 0.6 is 11.3 Å². The standard InChI is InChI=1S/C11H13N3OS/c12-9-2-1-4-13-11(9)14-6-10(15)8-3-5-16-7-8/h1-5,7,10,15H,6,12H2,(H,13,14). The number of nitrogens with zero attached hydrogens (tertiary/aromatic N) is 1. The summed E-state index contributed by atoms with van der Waals surface area (Å²) < 4.78 is 0. The van der Waals surface area contributed by atoms with Gasteiger partial charge in [0.2, 0.25) is 0 Å². The first-order valence-corrected chi connectivity index (χ1v) is 5.86. The van der Waals surface area contributed by atoms with Crippen LogP contribution in [-0.2, 0) is 0 Å². The van der Waals surface area contributed by atoms with E-state index in [-0.39, 0.29) is 0 Å². The summed E-state index contributed by atoms with van der Waals surface area (Å²) in [6, 6.07) is 5.45. The Bertz CT molecular complexity index is 444. The minimum Gasteiger partial charge on any atom is -0.396 e. The SMILES string of the molecule is Nc1cccnc1NCC(O)c1ccsc1. The highest BCUT2D eigenvalue weighted by Crippen LogP contribution is 2.18. The highest BCUT2D eigenvalue weighted by atomic mass is 32.1. The zero-order valence-corrected chi connectivity index (χ0v) is 9.45. The Morgan fingerprint density at radius 1 is 1.50 bits per heavy atom. The van der Waals surface area contributed by atoms with Gasteiger partial charge in [-0.2, -0.15) is 11.3 Å². The molecule has 2 aromatic rings. The highest BCUT2D eigenvalue weighted by molar-refractivity contribution is 7.07. The smallest absolute Gasteiger partial charge is 0.149 e. The van der Waals surface area contributed by atoms with Gasteiger partial charge in [-0.25, -0.2) is 4.98 Å². The van der Waals surface area contributed by atoms with Crippen molar-refractivity contribution in [3.05, 3.63) is 40.7 Å². The molecule has 2 rings (SSSR count). The highest BCUT2D eigenvalue weighted by Gasteiger charge is 2.08. The molecule has 0 aliphatic heterocycles. The molecule has 0 spiro atoms. The molecule has 0 saturated heterocycles. The topological polar surface area (TPSA) is 71.2 Å². The number of anilines is 2. The quantitative estimate of drug-likeness (QED) is 0.756. The first-order chi connectivity index (χ1) is 7.77. The van der Waals surface area contributed by atoms with Gasteiger partial charge in [0, 0.05) is 12.7 Å². The Hall–Kier alpha value is -1.59. The fourth-order valence-corrected chi connectivity index (χ4v) is 2.05. The van der Waals surface area contributed by atoms with Crippen LogP contribution in [0.15, 0.2) is 35.2 Å². The summed E-state index contributed by atoms with van der Waals surface area (Å²) >= 11 is 1.56. The van der Waals surface area contributed by atoms with Crippen molar-refractivity contribution in [3.63, 3.8) is 0 Å². The second kappa shape index (κ2) is 4.96. The molecule has 84 valence electrons. The Labute approximate surface area is 97.8 Å². The third-order valence-electron chi connectivity index (χ3n) is 2.23. The lowest BCUT2D eigenvalue weighted by Gasteiger charge is -2.12. The summed E-state index contributed by atoms with van der Waals surface area (Å²) in [6.07, 6.45) is 1.13. The summed E-state index contributed by atoms with van der Waals surface area (Å²) in [6.45, 7) is 0.401. The normalized spacial score (nSPS) is 12.3. The summed E-state index contributed by atoms with van der Waals surface area (Å²) in [5, 5.41) is 16.7. The minimum absolute atomic E-state index is 0.401. The predicted octanol–water partition coefficient (Wildman–Crippen LogP) is 1.87. The van der Waals surface area contributed by atoms with Gasteiger partial charge in [-0.15, -0.1) is 0 Å². The van der Waals surface area contributed by atoms with Crippen molar-refractivity contribution in [1.29, 1.82) is 0 Å². The van der Waals surface area contributed by atoms with Gasteiger partial charge in [0.1, 0.15) is 5.82 Å². The van der Waals surface area contributed by atoms with Crippen LogP contribution in [0.2, 0.25) is 0 Å². The van der Waals surface area contributed by atoms with Crippen LogP contribution in [0.3, 0.4) is 0 Å². The molecule has 0 amide bonds. The van der Waals surface area contributed by atoms with E-state index in [1.54, 1.807) is 29.7 Å². The number of thiophene rings is 1. The van der Waals surface area contributed by atoms with Crippen LogP contribution in [0, 0.1) is 0 Å². The molecule has 0 radical (unpaired) electrons. The maximum atomic E-state index is 9.84. The van der Waals surface area contributed by atoms with Crippen LogP contribution in [-0.4, -0.2) is 16.6 Å². The average Bonchev–Trinajstić information content (AvgIpc) is 2.81. The van der Waals surface area contributed by atoms with Crippen LogP contribution in [0.25, 0.3) is 0 Å². The zero-order valence-electron chi connectivity index (χ0n) is 8.63. The van der Waals surface area contributed by atoms with E-state index in [1.807, 2.05) is 16.8 Å². The molecule has 4 N–H and O–H groups in total. The van der Waals surface area contributed by atoms with E-state index in [0.29, 0.717) is 18.1 Å². The van der Waals surface area contributed by atoms with E-state index in [9.17, 15) is 5.11 Å². The second-order valence-corrected chi connectivity index (χ2v) is 4.17. The number of hydrogen-bond donors (Lipinski definition) is 3. The molecule has 1 atom stereocenters. The Morgan fingerprint density at radius 3 is 3.06 bits per heavy atom. The molecule has 0 aliphatic rings. The van der Waals surface area contributed by atoms with E-state index in [2.05, 4.69) is 10.3 Å². The third-order valence-corrected chi connectivity index (χ3v) is 2.93. The molecule has 0 bridgehead atoms. The summed E-state index contributed by atoms with van der Waals surface area (Å²) in [7, 11) is 0. The summed E-state index contributed by atoms with van der Waals surface area (Å²) in [5.74, 6) is 0.608. The Morgan fingerprint density at radius 2 is 2.38 bits per heavy atom. The molecule has 4 nitrogen and oxygen atoms in total. The maximum absolute atomic E-state index is 9.84. The van der Waals surface area contributed by atoms with E-state index in [0.717, 1.165) is 5.56 Å². The van der Waals surface area contributed by atoms with E-state index >= 15 is 0 Å². The van der Waals surface area contributed by atoms with Gasteiger partial charge in [0.15, 0.2) is 0 Å². The van der Waals surface area contributed by atoms with Crippen molar-refractivity contribution >= 4 is 22.8 Å². The van der Waals surface area contributed by atoms with Crippen molar-refractivity contribution in [2.45, 2.75) is 6.10 Å². The number of rotatable bonds is 4. The van der Waals surface area contributed by atoms with Crippen molar-refractivity contribution in [2.24, 2.45) is 0 Å². The molecule has 2 aromatic heterocycles. The van der Waals surface area contributed by atoms with E-state index in [1.165, 1.54) is 0 Å². The number of nitrogens with two attached hydrogens (primary N) is 1. The third kappa shape index (κ3) is 2.50. The molecule has 0 aromatic carbocycles. The van der Waals surface area contributed by atoms with Crippen LogP contribution < -0.4 is 11.1 Å². The van der Waals surface area contributed by atoms with E-state index < -0.39 is 6.10 Å². The monoisotopic (exact) mass is 235 g/mol. The molecule has 0 saturated carbocycles. The Balaban J connectivity index is 1.95. The Kier molecular flexibility index (Phi) is 3.38. The molecular weight excluding hydrogens is 222 g/mol.